The third-order valence-electron chi connectivity index (χ3n) is 3.69. The average molecular weight is 297 g/mol. The molecular formula is C16H19N5O. The summed E-state index contributed by atoms with van der Waals surface area (Å²) in [4.78, 5) is 27.1. The van der Waals surface area contributed by atoms with E-state index < -0.39 is 0 Å². The second-order valence-electron chi connectivity index (χ2n) is 5.33. The number of amides is 1. The molecule has 0 spiro atoms. The maximum absolute atomic E-state index is 12.2. The van der Waals surface area contributed by atoms with Gasteiger partial charge in [-0.05, 0) is 37.0 Å². The highest BCUT2D eigenvalue weighted by atomic mass is 16.1. The van der Waals surface area contributed by atoms with Crippen molar-refractivity contribution in [2.45, 2.75) is 25.8 Å². The second kappa shape index (κ2) is 6.98. The van der Waals surface area contributed by atoms with Gasteiger partial charge in [-0.3, -0.25) is 9.78 Å². The van der Waals surface area contributed by atoms with Crippen molar-refractivity contribution in [3.8, 4) is 0 Å². The predicted molar refractivity (Wildman–Crippen MR) is 83.5 cm³/mol. The van der Waals surface area contributed by atoms with Crippen LogP contribution in [0, 0.1) is 0 Å². The van der Waals surface area contributed by atoms with E-state index in [-0.39, 0.29) is 5.91 Å². The summed E-state index contributed by atoms with van der Waals surface area (Å²) >= 11 is 0. The van der Waals surface area contributed by atoms with Crippen LogP contribution in [0.25, 0.3) is 0 Å². The maximum atomic E-state index is 12.2. The molecule has 2 aromatic heterocycles. The van der Waals surface area contributed by atoms with Crippen LogP contribution in [0.3, 0.4) is 0 Å². The van der Waals surface area contributed by atoms with E-state index in [2.05, 4.69) is 25.2 Å². The van der Waals surface area contributed by atoms with Crippen LogP contribution in [0.1, 0.15) is 35.3 Å². The fourth-order valence-corrected chi connectivity index (χ4v) is 2.50. The van der Waals surface area contributed by atoms with Gasteiger partial charge in [0.15, 0.2) is 0 Å². The Morgan fingerprint density at radius 1 is 1.18 bits per heavy atom. The van der Waals surface area contributed by atoms with E-state index in [1.54, 1.807) is 24.7 Å². The first-order valence-electron chi connectivity index (χ1n) is 7.58. The minimum absolute atomic E-state index is 0.190. The lowest BCUT2D eigenvalue weighted by molar-refractivity contribution is 0.0946. The maximum Gasteiger partial charge on any atom is 0.270 e. The van der Waals surface area contributed by atoms with Crippen LogP contribution in [-0.2, 0) is 6.54 Å². The van der Waals surface area contributed by atoms with Gasteiger partial charge in [-0.2, -0.15) is 0 Å². The van der Waals surface area contributed by atoms with E-state index in [1.807, 2.05) is 12.1 Å². The van der Waals surface area contributed by atoms with Crippen molar-refractivity contribution < 1.29 is 4.79 Å². The smallest absolute Gasteiger partial charge is 0.270 e. The van der Waals surface area contributed by atoms with Gasteiger partial charge in [0.05, 0.1) is 0 Å². The van der Waals surface area contributed by atoms with Gasteiger partial charge in [0.1, 0.15) is 5.69 Å². The number of pyridine rings is 1. The van der Waals surface area contributed by atoms with Crippen molar-refractivity contribution in [1.82, 2.24) is 20.3 Å². The van der Waals surface area contributed by atoms with Crippen molar-refractivity contribution >= 4 is 11.9 Å². The molecule has 6 nitrogen and oxygen atoms in total. The van der Waals surface area contributed by atoms with Crippen LogP contribution in [-0.4, -0.2) is 33.9 Å². The summed E-state index contributed by atoms with van der Waals surface area (Å²) in [5.41, 5.74) is 1.36. The van der Waals surface area contributed by atoms with Crippen molar-refractivity contribution in [1.29, 1.82) is 0 Å². The molecule has 0 saturated carbocycles. The van der Waals surface area contributed by atoms with Crippen molar-refractivity contribution in [2.24, 2.45) is 0 Å². The molecule has 3 heterocycles. The summed E-state index contributed by atoms with van der Waals surface area (Å²) < 4.78 is 0. The van der Waals surface area contributed by atoms with Crippen molar-refractivity contribution in [2.75, 3.05) is 18.0 Å². The summed E-state index contributed by atoms with van der Waals surface area (Å²) in [5, 5.41) is 2.86. The highest BCUT2D eigenvalue weighted by Crippen LogP contribution is 2.15. The molecule has 0 unspecified atom stereocenters. The molecule has 0 bridgehead atoms. The zero-order chi connectivity index (χ0) is 15.2. The number of nitrogens with one attached hydrogen (secondary N) is 1. The monoisotopic (exact) mass is 297 g/mol. The third-order valence-corrected chi connectivity index (χ3v) is 3.69. The highest BCUT2D eigenvalue weighted by molar-refractivity contribution is 5.92. The molecule has 1 aliphatic rings. The largest absolute Gasteiger partial charge is 0.347 e. The molecule has 114 valence electrons. The highest BCUT2D eigenvalue weighted by Gasteiger charge is 2.15. The van der Waals surface area contributed by atoms with Gasteiger partial charge < -0.3 is 10.2 Å². The molecule has 1 saturated heterocycles. The Morgan fingerprint density at radius 2 is 2.05 bits per heavy atom. The van der Waals surface area contributed by atoms with Crippen LogP contribution in [0.4, 0.5) is 5.95 Å². The van der Waals surface area contributed by atoms with E-state index in [4.69, 9.17) is 0 Å². The van der Waals surface area contributed by atoms with Gasteiger partial charge in [-0.15, -0.1) is 0 Å². The standard InChI is InChI=1S/C16H19N5O/c22-15(19-12-13-5-4-7-17-11-13)14-6-8-18-16(20-14)21-9-2-1-3-10-21/h4-8,11H,1-3,9-10,12H2,(H,19,22). The van der Waals surface area contributed by atoms with E-state index >= 15 is 0 Å². The Balaban J connectivity index is 1.64. The predicted octanol–water partition coefficient (Wildman–Crippen LogP) is 1.79. The summed E-state index contributed by atoms with van der Waals surface area (Å²) in [7, 11) is 0. The van der Waals surface area contributed by atoms with E-state index in [1.165, 1.54) is 6.42 Å². The average Bonchev–Trinajstić information content (AvgIpc) is 2.61. The number of hydrogen-bond acceptors (Lipinski definition) is 5. The summed E-state index contributed by atoms with van der Waals surface area (Å²) in [6.07, 6.45) is 8.65. The normalized spacial score (nSPS) is 14.6. The van der Waals surface area contributed by atoms with Gasteiger partial charge in [0.25, 0.3) is 5.91 Å². The van der Waals surface area contributed by atoms with Crippen LogP contribution in [0.15, 0.2) is 36.8 Å². The number of carbonyl (C=O) groups is 1. The van der Waals surface area contributed by atoms with Crippen LogP contribution in [0.5, 0.6) is 0 Å². The Bertz CT molecular complexity index is 625. The second-order valence-corrected chi connectivity index (χ2v) is 5.33. The Morgan fingerprint density at radius 3 is 2.82 bits per heavy atom. The van der Waals surface area contributed by atoms with Gasteiger partial charge in [-0.1, -0.05) is 6.07 Å². The Hall–Kier alpha value is -2.50. The first kappa shape index (κ1) is 14.4. The topological polar surface area (TPSA) is 71.0 Å². The molecule has 6 heteroatoms. The molecule has 3 rings (SSSR count). The molecule has 2 aromatic rings. The SMILES string of the molecule is O=C(NCc1cccnc1)c1ccnc(N2CCCCC2)n1. The van der Waals surface area contributed by atoms with Gasteiger partial charge in [0.2, 0.25) is 5.95 Å². The lowest BCUT2D eigenvalue weighted by Crippen LogP contribution is -2.32. The van der Waals surface area contributed by atoms with Crippen molar-refractivity contribution in [3.63, 3.8) is 0 Å². The number of piperidine rings is 1. The van der Waals surface area contributed by atoms with Crippen molar-refractivity contribution in [3.05, 3.63) is 48.0 Å². The fraction of sp³-hybridized carbons (Fsp3) is 0.375. The van der Waals surface area contributed by atoms with Crippen LogP contribution < -0.4 is 10.2 Å². The first-order chi connectivity index (χ1) is 10.8. The first-order valence-corrected chi connectivity index (χ1v) is 7.58. The molecule has 0 aromatic carbocycles. The number of nitrogens with zero attached hydrogens (tertiary/aromatic N) is 4. The number of rotatable bonds is 4. The molecule has 1 aliphatic heterocycles. The molecule has 1 N–H and O–H groups in total. The van der Waals surface area contributed by atoms with Crippen LogP contribution in [0.2, 0.25) is 0 Å². The van der Waals surface area contributed by atoms with Crippen LogP contribution >= 0.6 is 0 Å². The molecule has 0 radical (unpaired) electrons. The molecule has 0 atom stereocenters. The van der Waals surface area contributed by atoms with E-state index in [0.29, 0.717) is 18.2 Å². The summed E-state index contributed by atoms with van der Waals surface area (Å²) in [6.45, 7) is 2.36. The number of carbonyl (C=O) groups excluding carboxylic acids is 1. The molecule has 22 heavy (non-hydrogen) atoms. The van der Waals surface area contributed by atoms with Gasteiger partial charge >= 0.3 is 0 Å². The molecular weight excluding hydrogens is 278 g/mol. The third kappa shape index (κ3) is 3.58. The fourth-order valence-electron chi connectivity index (χ4n) is 2.50. The minimum atomic E-state index is -0.190. The minimum Gasteiger partial charge on any atom is -0.347 e. The van der Waals surface area contributed by atoms with E-state index in [9.17, 15) is 4.79 Å². The Labute approximate surface area is 129 Å². The summed E-state index contributed by atoms with van der Waals surface area (Å²) in [6, 6.07) is 5.42. The quantitative estimate of drug-likeness (QED) is 0.931. The number of aromatic nitrogens is 3. The van der Waals surface area contributed by atoms with Gasteiger partial charge in [0, 0.05) is 38.2 Å². The zero-order valence-electron chi connectivity index (χ0n) is 12.4. The van der Waals surface area contributed by atoms with E-state index in [0.717, 1.165) is 31.5 Å². The zero-order valence-corrected chi connectivity index (χ0v) is 12.4. The summed E-state index contributed by atoms with van der Waals surface area (Å²) in [5.74, 6) is 0.457. The van der Waals surface area contributed by atoms with Gasteiger partial charge in [-0.25, -0.2) is 9.97 Å². The number of hydrogen-bond donors (Lipinski definition) is 1. The lowest BCUT2D eigenvalue weighted by atomic mass is 10.1. The Kier molecular flexibility index (Phi) is 4.58. The number of anilines is 1. The molecule has 1 amide bonds. The lowest BCUT2D eigenvalue weighted by Gasteiger charge is -2.26. The molecule has 1 fully saturated rings. The molecule has 0 aliphatic carbocycles.